The average molecular weight is 348 g/mol. The standard InChI is InChI=1S/C18H21FN2O2S/c1-4-21(5-2)24(22,23)18-12-14(3)6-11-17(18)20-13-15-7-9-16(19)10-8-15/h6-13H,4-5H2,1-3H3. The fraction of sp³-hybridized carbons (Fsp3) is 0.278. The summed E-state index contributed by atoms with van der Waals surface area (Å²) >= 11 is 0. The minimum absolute atomic E-state index is 0.185. The van der Waals surface area contributed by atoms with Crippen molar-refractivity contribution in [1.82, 2.24) is 4.31 Å². The van der Waals surface area contributed by atoms with E-state index >= 15 is 0 Å². The lowest BCUT2D eigenvalue weighted by molar-refractivity contribution is 0.445. The smallest absolute Gasteiger partial charge is 0.245 e. The molecule has 2 rings (SSSR count). The van der Waals surface area contributed by atoms with Gasteiger partial charge in [0.15, 0.2) is 0 Å². The minimum Gasteiger partial charge on any atom is -0.255 e. The number of hydrogen-bond acceptors (Lipinski definition) is 3. The van der Waals surface area contributed by atoms with Gasteiger partial charge in [0.05, 0.1) is 5.69 Å². The van der Waals surface area contributed by atoms with Gasteiger partial charge in [-0.1, -0.05) is 32.0 Å². The summed E-state index contributed by atoms with van der Waals surface area (Å²) in [6.07, 6.45) is 1.53. The molecule has 0 saturated carbocycles. The Morgan fingerprint density at radius 2 is 1.71 bits per heavy atom. The molecule has 0 N–H and O–H groups in total. The molecular weight excluding hydrogens is 327 g/mol. The van der Waals surface area contributed by atoms with Gasteiger partial charge in [0.25, 0.3) is 0 Å². The van der Waals surface area contributed by atoms with E-state index in [1.165, 1.54) is 22.7 Å². The molecule has 0 aliphatic rings. The van der Waals surface area contributed by atoms with Crippen molar-refractivity contribution in [3.05, 3.63) is 59.4 Å². The molecule has 2 aromatic carbocycles. The van der Waals surface area contributed by atoms with Crippen molar-refractivity contribution in [2.45, 2.75) is 25.7 Å². The summed E-state index contributed by atoms with van der Waals surface area (Å²) in [5, 5.41) is 0. The lowest BCUT2D eigenvalue weighted by atomic mass is 10.2. The zero-order chi connectivity index (χ0) is 17.7. The monoisotopic (exact) mass is 348 g/mol. The van der Waals surface area contributed by atoms with Crippen LogP contribution >= 0.6 is 0 Å². The molecule has 0 aromatic heterocycles. The van der Waals surface area contributed by atoms with E-state index < -0.39 is 10.0 Å². The molecular formula is C18H21FN2O2S. The van der Waals surface area contributed by atoms with Crippen LogP contribution in [0.15, 0.2) is 52.4 Å². The SMILES string of the molecule is CCN(CC)S(=O)(=O)c1cc(C)ccc1N=Cc1ccc(F)cc1. The van der Waals surface area contributed by atoms with Crippen molar-refractivity contribution in [3.63, 3.8) is 0 Å². The maximum atomic E-state index is 13.0. The molecule has 4 nitrogen and oxygen atoms in total. The van der Waals surface area contributed by atoms with Gasteiger partial charge in [0.1, 0.15) is 10.7 Å². The van der Waals surface area contributed by atoms with E-state index in [1.807, 2.05) is 13.0 Å². The van der Waals surface area contributed by atoms with Crippen LogP contribution in [-0.2, 0) is 10.0 Å². The zero-order valence-electron chi connectivity index (χ0n) is 14.0. The zero-order valence-corrected chi connectivity index (χ0v) is 14.8. The summed E-state index contributed by atoms with van der Waals surface area (Å²) < 4.78 is 40.0. The van der Waals surface area contributed by atoms with Gasteiger partial charge >= 0.3 is 0 Å². The van der Waals surface area contributed by atoms with Crippen LogP contribution in [0.25, 0.3) is 0 Å². The van der Waals surface area contributed by atoms with Gasteiger partial charge in [-0.15, -0.1) is 0 Å². The Balaban J connectivity index is 2.46. The average Bonchev–Trinajstić information content (AvgIpc) is 2.56. The quantitative estimate of drug-likeness (QED) is 0.743. The molecule has 6 heteroatoms. The largest absolute Gasteiger partial charge is 0.255 e. The first-order chi connectivity index (χ1) is 11.4. The number of nitrogens with zero attached hydrogens (tertiary/aromatic N) is 2. The number of aliphatic imine (C=N–C) groups is 1. The molecule has 2 aromatic rings. The van der Waals surface area contributed by atoms with E-state index in [9.17, 15) is 12.8 Å². The summed E-state index contributed by atoms with van der Waals surface area (Å²) in [5.74, 6) is -0.327. The Kier molecular flexibility index (Phi) is 5.85. The number of sulfonamides is 1. The van der Waals surface area contributed by atoms with Crippen molar-refractivity contribution in [1.29, 1.82) is 0 Å². The Hall–Kier alpha value is -2.05. The molecule has 0 unspecified atom stereocenters. The van der Waals surface area contributed by atoms with Gasteiger partial charge in [-0.05, 0) is 42.3 Å². The fourth-order valence-electron chi connectivity index (χ4n) is 2.33. The van der Waals surface area contributed by atoms with Crippen molar-refractivity contribution >= 4 is 21.9 Å². The summed E-state index contributed by atoms with van der Waals surface area (Å²) in [5.41, 5.74) is 1.92. The van der Waals surface area contributed by atoms with Crippen LogP contribution < -0.4 is 0 Å². The predicted octanol–water partition coefficient (Wildman–Crippen LogP) is 3.92. The molecule has 0 radical (unpaired) electrons. The maximum absolute atomic E-state index is 13.0. The third-order valence-electron chi connectivity index (χ3n) is 3.66. The molecule has 0 aliphatic heterocycles. The van der Waals surface area contributed by atoms with Crippen molar-refractivity contribution in [2.24, 2.45) is 4.99 Å². The molecule has 0 aliphatic carbocycles. The second-order valence-corrected chi connectivity index (χ2v) is 7.28. The Morgan fingerprint density at radius 1 is 1.08 bits per heavy atom. The molecule has 0 amide bonds. The highest BCUT2D eigenvalue weighted by atomic mass is 32.2. The van der Waals surface area contributed by atoms with Crippen LogP contribution in [0, 0.1) is 12.7 Å². The van der Waals surface area contributed by atoms with Crippen molar-refractivity contribution in [3.8, 4) is 0 Å². The van der Waals surface area contributed by atoms with E-state index in [0.29, 0.717) is 24.3 Å². The highest BCUT2D eigenvalue weighted by Gasteiger charge is 2.24. The molecule has 0 fully saturated rings. The molecule has 0 atom stereocenters. The molecule has 0 heterocycles. The second-order valence-electron chi connectivity index (χ2n) is 5.37. The first kappa shape index (κ1) is 18.3. The highest BCUT2D eigenvalue weighted by Crippen LogP contribution is 2.28. The van der Waals surface area contributed by atoms with Gasteiger partial charge in [0, 0.05) is 19.3 Å². The van der Waals surface area contributed by atoms with Crippen molar-refractivity contribution in [2.75, 3.05) is 13.1 Å². The Labute approximate surface area is 142 Å². The van der Waals surface area contributed by atoms with Gasteiger partial charge < -0.3 is 0 Å². The maximum Gasteiger partial charge on any atom is 0.245 e. The van der Waals surface area contributed by atoms with E-state index in [1.54, 1.807) is 38.1 Å². The molecule has 128 valence electrons. The van der Waals surface area contributed by atoms with E-state index in [-0.39, 0.29) is 10.7 Å². The molecule has 0 bridgehead atoms. The van der Waals surface area contributed by atoms with Gasteiger partial charge in [0.2, 0.25) is 10.0 Å². The first-order valence-electron chi connectivity index (χ1n) is 7.79. The van der Waals surface area contributed by atoms with Crippen LogP contribution in [-0.4, -0.2) is 32.0 Å². The van der Waals surface area contributed by atoms with E-state index in [0.717, 1.165) is 5.56 Å². The minimum atomic E-state index is -3.61. The van der Waals surface area contributed by atoms with Gasteiger partial charge in [-0.25, -0.2) is 12.8 Å². The molecule has 0 spiro atoms. The van der Waals surface area contributed by atoms with Crippen LogP contribution in [0.5, 0.6) is 0 Å². The lowest BCUT2D eigenvalue weighted by Gasteiger charge is -2.19. The van der Waals surface area contributed by atoms with Gasteiger partial charge in [-0.2, -0.15) is 4.31 Å². The van der Waals surface area contributed by atoms with E-state index in [2.05, 4.69) is 4.99 Å². The van der Waals surface area contributed by atoms with Crippen molar-refractivity contribution < 1.29 is 12.8 Å². The van der Waals surface area contributed by atoms with E-state index in [4.69, 9.17) is 0 Å². The third kappa shape index (κ3) is 4.07. The van der Waals surface area contributed by atoms with Gasteiger partial charge in [-0.3, -0.25) is 4.99 Å². The number of rotatable bonds is 6. The summed E-state index contributed by atoms with van der Waals surface area (Å²) in [6, 6.07) is 11.0. The number of aryl methyl sites for hydroxylation is 1. The number of hydrogen-bond donors (Lipinski definition) is 0. The second kappa shape index (κ2) is 7.68. The summed E-state index contributed by atoms with van der Waals surface area (Å²) in [6.45, 7) is 6.24. The van der Waals surface area contributed by atoms with Crippen LogP contribution in [0.2, 0.25) is 0 Å². The normalized spacial score (nSPS) is 12.2. The Bertz CT molecular complexity index is 827. The topological polar surface area (TPSA) is 49.7 Å². The van der Waals surface area contributed by atoms with Crippen LogP contribution in [0.1, 0.15) is 25.0 Å². The number of benzene rings is 2. The predicted molar refractivity (Wildman–Crippen MR) is 94.9 cm³/mol. The molecule has 24 heavy (non-hydrogen) atoms. The number of halogens is 1. The third-order valence-corrected chi connectivity index (χ3v) is 5.74. The lowest BCUT2D eigenvalue weighted by Crippen LogP contribution is -2.30. The Morgan fingerprint density at radius 3 is 2.29 bits per heavy atom. The summed E-state index contributed by atoms with van der Waals surface area (Å²) in [4.78, 5) is 4.50. The fourth-order valence-corrected chi connectivity index (χ4v) is 4.01. The van der Waals surface area contributed by atoms with Crippen LogP contribution in [0.4, 0.5) is 10.1 Å². The summed E-state index contributed by atoms with van der Waals surface area (Å²) in [7, 11) is -3.61. The van der Waals surface area contributed by atoms with Crippen LogP contribution in [0.3, 0.4) is 0 Å². The molecule has 0 saturated heterocycles. The first-order valence-corrected chi connectivity index (χ1v) is 9.23. The highest BCUT2D eigenvalue weighted by molar-refractivity contribution is 7.89.